The highest BCUT2D eigenvalue weighted by atomic mass is 19.1. The molecule has 1 aliphatic heterocycles. The van der Waals surface area contributed by atoms with E-state index in [-0.39, 0.29) is 5.82 Å². The summed E-state index contributed by atoms with van der Waals surface area (Å²) < 4.78 is 15.4. The first-order chi connectivity index (χ1) is 14.2. The lowest BCUT2D eigenvalue weighted by atomic mass is 9.97. The molecule has 146 valence electrons. The number of hydrogen-bond acceptors (Lipinski definition) is 4. The highest BCUT2D eigenvalue weighted by Crippen LogP contribution is 2.27. The summed E-state index contributed by atoms with van der Waals surface area (Å²) in [5.41, 5.74) is 3.87. The molecule has 1 unspecified atom stereocenters. The predicted molar refractivity (Wildman–Crippen MR) is 110 cm³/mol. The Morgan fingerprint density at radius 2 is 1.93 bits per heavy atom. The van der Waals surface area contributed by atoms with Crippen molar-refractivity contribution >= 4 is 5.65 Å². The van der Waals surface area contributed by atoms with Crippen LogP contribution < -0.4 is 0 Å². The van der Waals surface area contributed by atoms with Crippen LogP contribution in [-0.4, -0.2) is 37.6 Å². The van der Waals surface area contributed by atoms with E-state index in [1.165, 1.54) is 17.7 Å². The number of nitrogens with zero attached hydrogens (tertiary/aromatic N) is 5. The maximum absolute atomic E-state index is 13.6. The normalized spacial score (nSPS) is 17.6. The number of likely N-dealkylation sites (tertiary alicyclic amines) is 1. The van der Waals surface area contributed by atoms with Crippen molar-refractivity contribution in [1.29, 1.82) is 0 Å². The lowest BCUT2D eigenvalue weighted by Crippen LogP contribution is -2.34. The fraction of sp³-hybridized carbons (Fsp3) is 0.261. The molecule has 0 radical (unpaired) electrons. The second-order valence-electron chi connectivity index (χ2n) is 7.63. The largest absolute Gasteiger partial charge is 0.298 e. The lowest BCUT2D eigenvalue weighted by molar-refractivity contribution is 0.196. The molecule has 1 aliphatic rings. The van der Waals surface area contributed by atoms with Gasteiger partial charge in [0, 0.05) is 43.2 Å². The first-order valence-corrected chi connectivity index (χ1v) is 9.98. The molecule has 1 fully saturated rings. The van der Waals surface area contributed by atoms with Crippen LogP contribution in [0, 0.1) is 5.82 Å². The topological polar surface area (TPSA) is 46.3 Å². The SMILES string of the molecule is Fc1cccc(-c2ccc3nc(C4CCCN(Cc5ccncc5)C4)nn3c2)c1. The molecule has 5 nitrogen and oxygen atoms in total. The van der Waals surface area contributed by atoms with Gasteiger partial charge >= 0.3 is 0 Å². The smallest absolute Gasteiger partial charge is 0.156 e. The minimum atomic E-state index is -0.238. The van der Waals surface area contributed by atoms with Gasteiger partial charge < -0.3 is 0 Å². The number of pyridine rings is 2. The quantitative estimate of drug-likeness (QED) is 0.524. The van der Waals surface area contributed by atoms with Crippen molar-refractivity contribution in [1.82, 2.24) is 24.5 Å². The molecule has 1 aromatic carbocycles. The van der Waals surface area contributed by atoms with Gasteiger partial charge in [-0.1, -0.05) is 12.1 Å². The Morgan fingerprint density at radius 1 is 1.03 bits per heavy atom. The third kappa shape index (κ3) is 3.89. The maximum Gasteiger partial charge on any atom is 0.156 e. The molecule has 6 heteroatoms. The van der Waals surface area contributed by atoms with Crippen LogP contribution in [-0.2, 0) is 6.54 Å². The van der Waals surface area contributed by atoms with Gasteiger partial charge in [0.25, 0.3) is 0 Å². The van der Waals surface area contributed by atoms with E-state index in [2.05, 4.69) is 22.0 Å². The van der Waals surface area contributed by atoms with Crippen LogP contribution in [0.3, 0.4) is 0 Å². The van der Waals surface area contributed by atoms with E-state index < -0.39 is 0 Å². The molecule has 0 saturated carbocycles. The minimum absolute atomic E-state index is 0.238. The highest BCUT2D eigenvalue weighted by Gasteiger charge is 2.24. The lowest BCUT2D eigenvalue weighted by Gasteiger charge is -2.31. The molecule has 29 heavy (non-hydrogen) atoms. The van der Waals surface area contributed by atoms with Crippen LogP contribution >= 0.6 is 0 Å². The zero-order chi connectivity index (χ0) is 19.6. The third-order valence-corrected chi connectivity index (χ3v) is 5.53. The monoisotopic (exact) mass is 387 g/mol. The number of rotatable bonds is 4. The Kier molecular flexibility index (Phi) is 4.77. The summed E-state index contributed by atoms with van der Waals surface area (Å²) in [7, 11) is 0. The third-order valence-electron chi connectivity index (χ3n) is 5.53. The van der Waals surface area contributed by atoms with Crippen molar-refractivity contribution < 1.29 is 4.39 Å². The van der Waals surface area contributed by atoms with E-state index in [0.717, 1.165) is 55.1 Å². The van der Waals surface area contributed by atoms with Crippen molar-refractivity contribution in [3.05, 3.63) is 84.3 Å². The molecule has 0 bridgehead atoms. The molecule has 1 atom stereocenters. The summed E-state index contributed by atoms with van der Waals surface area (Å²) in [6, 6.07) is 14.7. The summed E-state index contributed by atoms with van der Waals surface area (Å²) >= 11 is 0. The Bertz CT molecular complexity index is 1120. The van der Waals surface area contributed by atoms with Crippen molar-refractivity contribution in [3.8, 4) is 11.1 Å². The second kappa shape index (κ2) is 7.72. The average molecular weight is 387 g/mol. The van der Waals surface area contributed by atoms with E-state index >= 15 is 0 Å². The Labute approximate surface area is 168 Å². The van der Waals surface area contributed by atoms with Crippen LogP contribution in [0.4, 0.5) is 4.39 Å². The fourth-order valence-corrected chi connectivity index (χ4v) is 4.07. The number of hydrogen-bond donors (Lipinski definition) is 0. The van der Waals surface area contributed by atoms with Crippen LogP contribution in [0.25, 0.3) is 16.8 Å². The highest BCUT2D eigenvalue weighted by molar-refractivity contribution is 5.64. The molecule has 5 rings (SSSR count). The number of piperidine rings is 1. The number of fused-ring (bicyclic) bond motifs is 1. The first-order valence-electron chi connectivity index (χ1n) is 9.98. The van der Waals surface area contributed by atoms with E-state index in [4.69, 9.17) is 10.1 Å². The number of aromatic nitrogens is 4. The molecule has 0 N–H and O–H groups in total. The molecule has 0 spiro atoms. The van der Waals surface area contributed by atoms with Gasteiger partial charge in [-0.2, -0.15) is 5.10 Å². The summed E-state index contributed by atoms with van der Waals surface area (Å²) in [5.74, 6) is 0.974. The molecular formula is C23H22FN5. The molecule has 0 amide bonds. The zero-order valence-electron chi connectivity index (χ0n) is 16.1. The van der Waals surface area contributed by atoms with Gasteiger partial charge in [-0.25, -0.2) is 13.9 Å². The molecule has 4 aromatic rings. The predicted octanol–water partition coefficient (Wildman–Crippen LogP) is 4.31. The fourth-order valence-electron chi connectivity index (χ4n) is 4.07. The van der Waals surface area contributed by atoms with Gasteiger partial charge in [-0.3, -0.25) is 9.88 Å². The Morgan fingerprint density at radius 3 is 2.79 bits per heavy atom. The van der Waals surface area contributed by atoms with Crippen LogP contribution in [0.5, 0.6) is 0 Å². The molecular weight excluding hydrogens is 365 g/mol. The van der Waals surface area contributed by atoms with Crippen LogP contribution in [0.1, 0.15) is 30.1 Å². The molecule has 4 heterocycles. The number of halogens is 1. The van der Waals surface area contributed by atoms with E-state index in [1.807, 2.05) is 41.3 Å². The Hall–Kier alpha value is -3.12. The molecule has 3 aromatic heterocycles. The van der Waals surface area contributed by atoms with Crippen molar-refractivity contribution in [2.24, 2.45) is 0 Å². The molecule has 0 aliphatic carbocycles. The van der Waals surface area contributed by atoms with Crippen molar-refractivity contribution in [2.75, 3.05) is 13.1 Å². The minimum Gasteiger partial charge on any atom is -0.298 e. The van der Waals surface area contributed by atoms with E-state index in [1.54, 1.807) is 6.07 Å². The van der Waals surface area contributed by atoms with Gasteiger partial charge in [-0.15, -0.1) is 0 Å². The second-order valence-corrected chi connectivity index (χ2v) is 7.63. The summed E-state index contributed by atoms with van der Waals surface area (Å²) in [4.78, 5) is 11.3. The average Bonchev–Trinajstić information content (AvgIpc) is 3.18. The van der Waals surface area contributed by atoms with Gasteiger partial charge in [0.05, 0.1) is 0 Å². The number of benzene rings is 1. The summed E-state index contributed by atoms with van der Waals surface area (Å²) in [5, 5.41) is 4.76. The van der Waals surface area contributed by atoms with Crippen LogP contribution in [0.2, 0.25) is 0 Å². The Balaban J connectivity index is 1.37. The first kappa shape index (κ1) is 17.9. The van der Waals surface area contributed by atoms with Gasteiger partial charge in [0.1, 0.15) is 5.82 Å². The van der Waals surface area contributed by atoms with E-state index in [0.29, 0.717) is 5.92 Å². The standard InChI is InChI=1S/C23H22FN5/c24-21-5-1-3-18(13-21)19-6-7-22-26-23(27-29(22)16-19)20-4-2-12-28(15-20)14-17-8-10-25-11-9-17/h1,3,5-11,13,16,20H,2,4,12,14-15H2. The van der Waals surface area contributed by atoms with Crippen molar-refractivity contribution in [2.45, 2.75) is 25.3 Å². The van der Waals surface area contributed by atoms with Crippen molar-refractivity contribution in [3.63, 3.8) is 0 Å². The van der Waals surface area contributed by atoms with E-state index in [9.17, 15) is 4.39 Å². The van der Waals surface area contributed by atoms with Crippen LogP contribution in [0.15, 0.2) is 67.1 Å². The van der Waals surface area contributed by atoms with Gasteiger partial charge in [0.2, 0.25) is 0 Å². The van der Waals surface area contributed by atoms with Gasteiger partial charge in [-0.05, 0) is 66.9 Å². The zero-order valence-corrected chi connectivity index (χ0v) is 16.1. The summed E-state index contributed by atoms with van der Waals surface area (Å²) in [6.45, 7) is 2.97. The molecule has 1 saturated heterocycles. The summed E-state index contributed by atoms with van der Waals surface area (Å²) in [6.07, 6.45) is 7.85. The van der Waals surface area contributed by atoms with Gasteiger partial charge in [0.15, 0.2) is 11.5 Å². The maximum atomic E-state index is 13.6.